The van der Waals surface area contributed by atoms with E-state index < -0.39 is 11.9 Å². The molecule has 3 heterocycles. The molecule has 0 amide bonds. The molecular formula is C16H12N2O4S. The third-order valence-electron chi connectivity index (χ3n) is 3.11. The number of nitriles is 1. The highest BCUT2D eigenvalue weighted by atomic mass is 32.1. The van der Waals surface area contributed by atoms with Gasteiger partial charge in [0.15, 0.2) is 5.69 Å². The highest BCUT2D eigenvalue weighted by Gasteiger charge is 2.17. The SMILES string of the molecule is N#C[C@H](COC(=O)c1csc(-c2ccoc2)n1)Cc1ccco1. The molecule has 0 saturated carbocycles. The first-order valence-corrected chi connectivity index (χ1v) is 7.71. The van der Waals surface area contributed by atoms with E-state index in [-0.39, 0.29) is 12.3 Å². The molecule has 3 aromatic rings. The fourth-order valence-corrected chi connectivity index (χ4v) is 2.73. The Bertz CT molecular complexity index is 800. The van der Waals surface area contributed by atoms with Crippen molar-refractivity contribution in [2.75, 3.05) is 6.61 Å². The summed E-state index contributed by atoms with van der Waals surface area (Å²) in [6, 6.07) is 7.41. The zero-order chi connectivity index (χ0) is 16.1. The zero-order valence-electron chi connectivity index (χ0n) is 12.0. The van der Waals surface area contributed by atoms with Crippen molar-refractivity contribution in [3.8, 4) is 16.6 Å². The summed E-state index contributed by atoms with van der Waals surface area (Å²) < 4.78 is 15.4. The van der Waals surface area contributed by atoms with Crippen LogP contribution in [0.25, 0.3) is 10.6 Å². The molecule has 0 saturated heterocycles. The summed E-state index contributed by atoms with van der Waals surface area (Å²) in [5.74, 6) is -0.323. The Morgan fingerprint density at radius 1 is 1.43 bits per heavy atom. The van der Waals surface area contributed by atoms with E-state index in [9.17, 15) is 4.79 Å². The average molecular weight is 328 g/mol. The van der Waals surface area contributed by atoms with Gasteiger partial charge in [-0.15, -0.1) is 11.3 Å². The number of aromatic nitrogens is 1. The number of hydrogen-bond acceptors (Lipinski definition) is 7. The van der Waals surface area contributed by atoms with Crippen molar-refractivity contribution in [3.05, 3.63) is 53.8 Å². The quantitative estimate of drug-likeness (QED) is 0.643. The van der Waals surface area contributed by atoms with Gasteiger partial charge in [0, 0.05) is 17.4 Å². The van der Waals surface area contributed by atoms with E-state index in [1.165, 1.54) is 11.3 Å². The van der Waals surface area contributed by atoms with Gasteiger partial charge in [-0.2, -0.15) is 5.26 Å². The minimum absolute atomic E-state index is 0.00535. The number of ether oxygens (including phenoxy) is 1. The van der Waals surface area contributed by atoms with Crippen LogP contribution in [0.5, 0.6) is 0 Å². The molecule has 0 aliphatic rings. The molecule has 0 N–H and O–H groups in total. The Balaban J connectivity index is 1.57. The van der Waals surface area contributed by atoms with E-state index >= 15 is 0 Å². The molecule has 0 aliphatic heterocycles. The molecule has 6 nitrogen and oxygen atoms in total. The minimum atomic E-state index is -0.546. The standard InChI is InChI=1S/C16H12N2O4S/c17-7-11(6-13-2-1-4-21-13)8-22-16(19)14-10-23-15(18-14)12-3-5-20-9-12/h1-5,9-11H,6,8H2/t11-/m1/s1. The Hall–Kier alpha value is -2.85. The first kappa shape index (κ1) is 15.1. The first-order valence-electron chi connectivity index (χ1n) is 6.83. The molecule has 0 fully saturated rings. The van der Waals surface area contributed by atoms with Gasteiger partial charge in [0.1, 0.15) is 23.6 Å². The molecule has 3 rings (SSSR count). The van der Waals surface area contributed by atoms with E-state index in [0.717, 1.165) is 5.56 Å². The van der Waals surface area contributed by atoms with Crippen LogP contribution in [-0.4, -0.2) is 17.6 Å². The van der Waals surface area contributed by atoms with Crippen LogP contribution in [0, 0.1) is 17.2 Å². The lowest BCUT2D eigenvalue weighted by Crippen LogP contribution is -2.15. The highest BCUT2D eigenvalue weighted by molar-refractivity contribution is 7.13. The molecule has 0 spiro atoms. The number of carbonyl (C=O) groups excluding carboxylic acids is 1. The molecule has 0 aliphatic carbocycles. The number of thiazole rings is 1. The first-order chi connectivity index (χ1) is 11.3. The Morgan fingerprint density at radius 2 is 2.35 bits per heavy atom. The Kier molecular flexibility index (Phi) is 4.54. The summed E-state index contributed by atoms with van der Waals surface area (Å²) in [6.07, 6.45) is 5.04. The van der Waals surface area contributed by atoms with Crippen LogP contribution < -0.4 is 0 Å². The van der Waals surface area contributed by atoms with Gasteiger partial charge in [0.2, 0.25) is 0 Å². The predicted molar refractivity (Wildman–Crippen MR) is 81.6 cm³/mol. The second kappa shape index (κ2) is 6.94. The number of carbonyl (C=O) groups is 1. The highest BCUT2D eigenvalue weighted by Crippen LogP contribution is 2.24. The fourth-order valence-electron chi connectivity index (χ4n) is 1.95. The van der Waals surface area contributed by atoms with Crippen LogP contribution in [-0.2, 0) is 11.2 Å². The van der Waals surface area contributed by atoms with Crippen LogP contribution in [0.3, 0.4) is 0 Å². The molecule has 7 heteroatoms. The van der Waals surface area contributed by atoms with E-state index in [0.29, 0.717) is 17.2 Å². The molecule has 23 heavy (non-hydrogen) atoms. The minimum Gasteiger partial charge on any atom is -0.472 e. The second-order valence-electron chi connectivity index (χ2n) is 4.76. The summed E-state index contributed by atoms with van der Waals surface area (Å²) in [5.41, 5.74) is 1.03. The second-order valence-corrected chi connectivity index (χ2v) is 5.62. The van der Waals surface area contributed by atoms with Crippen molar-refractivity contribution < 1.29 is 18.4 Å². The van der Waals surface area contributed by atoms with Gasteiger partial charge in [-0.1, -0.05) is 0 Å². The smallest absolute Gasteiger partial charge is 0.357 e. The molecular weight excluding hydrogens is 316 g/mol. The molecule has 1 atom stereocenters. The van der Waals surface area contributed by atoms with Crippen LogP contribution in [0.4, 0.5) is 0 Å². The van der Waals surface area contributed by atoms with Crippen molar-refractivity contribution in [1.29, 1.82) is 5.26 Å². The maximum Gasteiger partial charge on any atom is 0.357 e. The number of esters is 1. The van der Waals surface area contributed by atoms with Crippen LogP contribution in [0.2, 0.25) is 0 Å². The van der Waals surface area contributed by atoms with Gasteiger partial charge in [0.05, 0.1) is 24.5 Å². The monoisotopic (exact) mass is 328 g/mol. The van der Waals surface area contributed by atoms with E-state index in [4.69, 9.17) is 18.8 Å². The topological polar surface area (TPSA) is 89.3 Å². The molecule has 0 bridgehead atoms. The normalized spacial score (nSPS) is 11.8. The van der Waals surface area contributed by atoms with Crippen LogP contribution in [0.15, 0.2) is 51.2 Å². The number of hydrogen-bond donors (Lipinski definition) is 0. The van der Waals surface area contributed by atoms with E-state index in [1.54, 1.807) is 42.4 Å². The zero-order valence-corrected chi connectivity index (χ0v) is 12.8. The molecule has 3 aromatic heterocycles. The third kappa shape index (κ3) is 3.67. The molecule has 0 unspecified atom stereocenters. The average Bonchev–Trinajstić information content (AvgIpc) is 3.32. The largest absolute Gasteiger partial charge is 0.472 e. The summed E-state index contributed by atoms with van der Waals surface area (Å²) in [5, 5.41) is 11.4. The molecule has 0 radical (unpaired) electrons. The van der Waals surface area contributed by atoms with Gasteiger partial charge in [-0.05, 0) is 18.2 Å². The van der Waals surface area contributed by atoms with Gasteiger partial charge in [-0.25, -0.2) is 9.78 Å². The lowest BCUT2D eigenvalue weighted by molar-refractivity contribution is 0.0460. The van der Waals surface area contributed by atoms with Crippen molar-refractivity contribution >= 4 is 17.3 Å². The van der Waals surface area contributed by atoms with Gasteiger partial charge >= 0.3 is 5.97 Å². The van der Waals surface area contributed by atoms with E-state index in [2.05, 4.69) is 11.1 Å². The van der Waals surface area contributed by atoms with E-state index in [1.807, 2.05) is 0 Å². The summed E-state index contributed by atoms with van der Waals surface area (Å²) in [4.78, 5) is 16.2. The third-order valence-corrected chi connectivity index (χ3v) is 4.00. The predicted octanol–water partition coefficient (Wildman–Crippen LogP) is 3.54. The van der Waals surface area contributed by atoms with Gasteiger partial charge in [-0.3, -0.25) is 0 Å². The summed E-state index contributed by atoms with van der Waals surface area (Å²) in [6.45, 7) is -0.00535. The molecule has 116 valence electrons. The maximum absolute atomic E-state index is 12.0. The van der Waals surface area contributed by atoms with Crippen molar-refractivity contribution in [1.82, 2.24) is 4.98 Å². The molecule has 0 aromatic carbocycles. The van der Waals surface area contributed by atoms with Crippen LogP contribution in [0.1, 0.15) is 16.2 Å². The Morgan fingerprint density at radius 3 is 3.04 bits per heavy atom. The summed E-state index contributed by atoms with van der Waals surface area (Å²) >= 11 is 1.33. The lowest BCUT2D eigenvalue weighted by Gasteiger charge is -2.07. The lowest BCUT2D eigenvalue weighted by atomic mass is 10.1. The van der Waals surface area contributed by atoms with Crippen molar-refractivity contribution in [2.24, 2.45) is 5.92 Å². The van der Waals surface area contributed by atoms with Gasteiger partial charge in [0.25, 0.3) is 0 Å². The Labute approximate surface area is 135 Å². The maximum atomic E-state index is 12.0. The van der Waals surface area contributed by atoms with Crippen molar-refractivity contribution in [3.63, 3.8) is 0 Å². The summed E-state index contributed by atoms with van der Waals surface area (Å²) in [7, 11) is 0. The fraction of sp³-hybridized carbons (Fsp3) is 0.188. The number of furan rings is 2. The number of rotatable bonds is 6. The van der Waals surface area contributed by atoms with Gasteiger partial charge < -0.3 is 13.6 Å². The van der Waals surface area contributed by atoms with Crippen LogP contribution >= 0.6 is 11.3 Å². The number of nitrogens with zero attached hydrogens (tertiary/aromatic N) is 2. The van der Waals surface area contributed by atoms with Crippen molar-refractivity contribution in [2.45, 2.75) is 6.42 Å².